The zero-order chi connectivity index (χ0) is 15.6. The van der Waals surface area contributed by atoms with Gasteiger partial charge in [0.1, 0.15) is 5.75 Å². The first kappa shape index (κ1) is 16.0. The topological polar surface area (TPSA) is 47.6 Å². The smallest absolute Gasteiger partial charge is 0.251 e. The maximum absolute atomic E-state index is 12.0. The molecule has 1 amide bonds. The molecule has 1 N–H and O–H groups in total. The molecule has 0 fully saturated rings. The second kappa shape index (κ2) is 8.85. The Morgan fingerprint density at radius 1 is 1.09 bits per heavy atom. The third kappa shape index (κ3) is 5.22. The third-order valence-corrected chi connectivity index (χ3v) is 3.19. The normalized spacial score (nSPS) is 10.2. The lowest BCUT2D eigenvalue weighted by Gasteiger charge is -2.07. The predicted octanol–water partition coefficient (Wildman–Crippen LogP) is 3.03. The molecule has 0 bridgehead atoms. The molecular weight excluding hydrogens is 278 g/mol. The molecule has 2 aromatic rings. The number of rotatable bonds is 8. The van der Waals surface area contributed by atoms with Crippen LogP contribution >= 0.6 is 0 Å². The lowest BCUT2D eigenvalue weighted by atomic mass is 10.2. The summed E-state index contributed by atoms with van der Waals surface area (Å²) in [5.74, 6) is 0.584. The van der Waals surface area contributed by atoms with Crippen LogP contribution in [-0.4, -0.2) is 26.2 Å². The van der Waals surface area contributed by atoms with E-state index in [9.17, 15) is 4.79 Å². The number of amides is 1. The Bertz CT molecular complexity index is 584. The van der Waals surface area contributed by atoms with Gasteiger partial charge in [0.15, 0.2) is 0 Å². The van der Waals surface area contributed by atoms with Crippen LogP contribution in [0.2, 0.25) is 0 Å². The Morgan fingerprint density at radius 3 is 2.68 bits per heavy atom. The van der Waals surface area contributed by atoms with Crippen LogP contribution < -0.4 is 10.1 Å². The highest BCUT2D eigenvalue weighted by atomic mass is 16.5. The van der Waals surface area contributed by atoms with Crippen molar-refractivity contribution in [2.24, 2.45) is 0 Å². The summed E-state index contributed by atoms with van der Waals surface area (Å²) in [6, 6.07) is 17.1. The molecule has 0 heterocycles. The Kier molecular flexibility index (Phi) is 6.45. The third-order valence-electron chi connectivity index (χ3n) is 3.19. The molecule has 0 saturated heterocycles. The Balaban J connectivity index is 1.63. The molecule has 2 rings (SSSR count). The highest BCUT2D eigenvalue weighted by molar-refractivity contribution is 5.94. The van der Waals surface area contributed by atoms with Crippen molar-refractivity contribution >= 4 is 5.91 Å². The predicted molar refractivity (Wildman–Crippen MR) is 86.0 cm³/mol. The molecule has 0 aliphatic rings. The SMILES string of the molecule is COc1cccc(C(=O)NCCCOCc2ccccc2)c1. The van der Waals surface area contributed by atoms with Crippen LogP contribution in [0.1, 0.15) is 22.3 Å². The van der Waals surface area contributed by atoms with E-state index in [4.69, 9.17) is 9.47 Å². The largest absolute Gasteiger partial charge is 0.497 e. The van der Waals surface area contributed by atoms with Crippen LogP contribution in [0.5, 0.6) is 5.75 Å². The maximum atomic E-state index is 12.0. The second-order valence-electron chi connectivity index (χ2n) is 4.88. The molecule has 22 heavy (non-hydrogen) atoms. The first-order valence-electron chi connectivity index (χ1n) is 7.33. The number of carbonyl (C=O) groups excluding carboxylic acids is 1. The van der Waals surface area contributed by atoms with Crippen LogP contribution in [0.4, 0.5) is 0 Å². The molecule has 116 valence electrons. The van der Waals surface area contributed by atoms with Crippen molar-refractivity contribution in [2.45, 2.75) is 13.0 Å². The van der Waals surface area contributed by atoms with Crippen molar-refractivity contribution in [3.63, 3.8) is 0 Å². The first-order valence-corrected chi connectivity index (χ1v) is 7.33. The minimum atomic E-state index is -0.0954. The van der Waals surface area contributed by atoms with E-state index in [1.165, 1.54) is 0 Å². The Labute approximate surface area is 131 Å². The second-order valence-corrected chi connectivity index (χ2v) is 4.88. The molecule has 0 spiro atoms. The molecular formula is C18H21NO3. The fraction of sp³-hybridized carbons (Fsp3) is 0.278. The van der Waals surface area contributed by atoms with Crippen LogP contribution in [0.3, 0.4) is 0 Å². The van der Waals surface area contributed by atoms with Gasteiger partial charge in [-0.3, -0.25) is 4.79 Å². The van der Waals surface area contributed by atoms with E-state index in [0.29, 0.717) is 31.1 Å². The van der Waals surface area contributed by atoms with Gasteiger partial charge in [0.05, 0.1) is 13.7 Å². The van der Waals surface area contributed by atoms with E-state index in [0.717, 1.165) is 12.0 Å². The molecule has 4 nitrogen and oxygen atoms in total. The van der Waals surface area contributed by atoms with Crippen molar-refractivity contribution in [1.82, 2.24) is 5.32 Å². The van der Waals surface area contributed by atoms with Crippen molar-refractivity contribution in [3.8, 4) is 5.75 Å². The van der Waals surface area contributed by atoms with Gasteiger partial charge >= 0.3 is 0 Å². The summed E-state index contributed by atoms with van der Waals surface area (Å²) < 4.78 is 10.7. The summed E-state index contributed by atoms with van der Waals surface area (Å²) in [4.78, 5) is 12.0. The Hall–Kier alpha value is -2.33. The van der Waals surface area contributed by atoms with Gasteiger partial charge in [-0.05, 0) is 30.2 Å². The average molecular weight is 299 g/mol. The van der Waals surface area contributed by atoms with Gasteiger partial charge in [-0.1, -0.05) is 36.4 Å². The lowest BCUT2D eigenvalue weighted by Crippen LogP contribution is -2.25. The molecule has 2 aromatic carbocycles. The average Bonchev–Trinajstić information content (AvgIpc) is 2.58. The quantitative estimate of drug-likeness (QED) is 0.762. The van der Waals surface area contributed by atoms with Crippen LogP contribution in [0, 0.1) is 0 Å². The molecule has 0 atom stereocenters. The summed E-state index contributed by atoms with van der Waals surface area (Å²) >= 11 is 0. The molecule has 0 aromatic heterocycles. The summed E-state index contributed by atoms with van der Waals surface area (Å²) in [5.41, 5.74) is 1.76. The fourth-order valence-electron chi connectivity index (χ4n) is 2.01. The number of hydrogen-bond donors (Lipinski definition) is 1. The van der Waals surface area contributed by atoms with E-state index in [1.807, 2.05) is 36.4 Å². The first-order chi connectivity index (χ1) is 10.8. The summed E-state index contributed by atoms with van der Waals surface area (Å²) in [6.45, 7) is 1.81. The highest BCUT2D eigenvalue weighted by Gasteiger charge is 2.05. The molecule has 4 heteroatoms. The summed E-state index contributed by atoms with van der Waals surface area (Å²) in [7, 11) is 1.58. The maximum Gasteiger partial charge on any atom is 0.251 e. The molecule has 0 saturated carbocycles. The van der Waals surface area contributed by atoms with Crippen LogP contribution in [0.15, 0.2) is 54.6 Å². The Morgan fingerprint density at radius 2 is 1.91 bits per heavy atom. The van der Waals surface area contributed by atoms with E-state index < -0.39 is 0 Å². The van der Waals surface area contributed by atoms with E-state index in [1.54, 1.807) is 25.3 Å². The number of hydrogen-bond acceptors (Lipinski definition) is 3. The van der Waals surface area contributed by atoms with E-state index in [-0.39, 0.29) is 5.91 Å². The van der Waals surface area contributed by atoms with Gasteiger partial charge in [-0.2, -0.15) is 0 Å². The molecule has 0 unspecified atom stereocenters. The van der Waals surface area contributed by atoms with Crippen molar-refractivity contribution in [1.29, 1.82) is 0 Å². The number of benzene rings is 2. The number of carbonyl (C=O) groups is 1. The van der Waals surface area contributed by atoms with Crippen molar-refractivity contribution in [2.75, 3.05) is 20.3 Å². The summed E-state index contributed by atoms with van der Waals surface area (Å²) in [6.07, 6.45) is 0.780. The van der Waals surface area contributed by atoms with Gasteiger partial charge in [0, 0.05) is 18.7 Å². The van der Waals surface area contributed by atoms with Gasteiger partial charge in [-0.15, -0.1) is 0 Å². The molecule has 0 aliphatic heterocycles. The minimum Gasteiger partial charge on any atom is -0.497 e. The van der Waals surface area contributed by atoms with Crippen LogP contribution in [-0.2, 0) is 11.3 Å². The number of methoxy groups -OCH3 is 1. The van der Waals surface area contributed by atoms with E-state index >= 15 is 0 Å². The minimum absolute atomic E-state index is 0.0954. The molecule has 0 radical (unpaired) electrons. The van der Waals surface area contributed by atoms with Crippen molar-refractivity contribution < 1.29 is 14.3 Å². The zero-order valence-corrected chi connectivity index (χ0v) is 12.7. The number of ether oxygens (including phenoxy) is 2. The van der Waals surface area contributed by atoms with Gasteiger partial charge in [0.25, 0.3) is 5.91 Å². The van der Waals surface area contributed by atoms with Gasteiger partial charge in [-0.25, -0.2) is 0 Å². The summed E-state index contributed by atoms with van der Waals surface area (Å²) in [5, 5.41) is 2.87. The van der Waals surface area contributed by atoms with Gasteiger partial charge in [0.2, 0.25) is 0 Å². The molecule has 0 aliphatic carbocycles. The van der Waals surface area contributed by atoms with Crippen LogP contribution in [0.25, 0.3) is 0 Å². The zero-order valence-electron chi connectivity index (χ0n) is 12.7. The van der Waals surface area contributed by atoms with Gasteiger partial charge < -0.3 is 14.8 Å². The van der Waals surface area contributed by atoms with Crippen molar-refractivity contribution in [3.05, 3.63) is 65.7 Å². The number of nitrogens with one attached hydrogen (secondary N) is 1. The highest BCUT2D eigenvalue weighted by Crippen LogP contribution is 2.12. The fourth-order valence-corrected chi connectivity index (χ4v) is 2.01. The van der Waals surface area contributed by atoms with E-state index in [2.05, 4.69) is 5.32 Å². The standard InChI is InChI=1S/C18H21NO3/c1-21-17-10-5-9-16(13-17)18(20)19-11-6-12-22-14-15-7-3-2-4-8-15/h2-5,7-10,13H,6,11-12,14H2,1H3,(H,19,20). The monoisotopic (exact) mass is 299 g/mol. The lowest BCUT2D eigenvalue weighted by molar-refractivity contribution is 0.0934.